The van der Waals surface area contributed by atoms with E-state index in [1.165, 1.54) is 34.5 Å². The maximum absolute atomic E-state index is 14.8. The number of alkyl halides is 3. The second-order valence-electron chi connectivity index (χ2n) is 11.2. The summed E-state index contributed by atoms with van der Waals surface area (Å²) in [6.07, 6.45) is -3.50. The van der Waals surface area contributed by atoms with E-state index in [9.17, 15) is 27.2 Å². The number of hydrogen-bond donors (Lipinski definition) is 0. The Morgan fingerprint density at radius 2 is 1.83 bits per heavy atom. The van der Waals surface area contributed by atoms with Crippen LogP contribution in [0, 0.1) is 11.2 Å². The maximum Gasteiger partial charge on any atom is 0.417 e. The van der Waals surface area contributed by atoms with Gasteiger partial charge >= 0.3 is 11.9 Å². The molecule has 2 atom stereocenters. The first kappa shape index (κ1) is 27.8. The molecule has 0 aliphatic carbocycles. The molecule has 12 heteroatoms. The third-order valence-electron chi connectivity index (χ3n) is 8.12. The minimum Gasteiger partial charge on any atom is -0.380 e. The standard InChI is InChI=1S/C29H28F4N4O3S/c1-4-22(38)37-16(2)10-35(11-17(37)3)26-20-9-21(29(31,32)33)23(18-5-7-19(30)8-6-18)25-24(20)36(27(39)34-26)12-28(15-41-25)13-40-14-28/h4-9,16-17H,1,10-15H2,2-3H3/t16-,17+. The monoisotopic (exact) mass is 588 g/mol. The van der Waals surface area contributed by atoms with Gasteiger partial charge in [0.25, 0.3) is 0 Å². The van der Waals surface area contributed by atoms with Crippen LogP contribution in [0.2, 0.25) is 0 Å². The Hall–Kier alpha value is -3.38. The molecule has 2 aromatic carbocycles. The van der Waals surface area contributed by atoms with Crippen LogP contribution in [-0.2, 0) is 22.3 Å². The zero-order valence-electron chi connectivity index (χ0n) is 22.5. The van der Waals surface area contributed by atoms with Crippen molar-refractivity contribution in [3.05, 3.63) is 64.9 Å². The Bertz CT molecular complexity index is 1610. The van der Waals surface area contributed by atoms with E-state index in [1.54, 1.807) is 9.80 Å². The van der Waals surface area contributed by atoms with Gasteiger partial charge in [0, 0.05) is 58.7 Å². The number of amides is 1. The number of thioether (sulfide) groups is 1. The summed E-state index contributed by atoms with van der Waals surface area (Å²) in [6, 6.07) is 5.40. The molecule has 0 saturated carbocycles. The molecule has 0 N–H and O–H groups in total. The van der Waals surface area contributed by atoms with Gasteiger partial charge in [-0.1, -0.05) is 18.7 Å². The summed E-state index contributed by atoms with van der Waals surface area (Å²) >= 11 is 1.27. The van der Waals surface area contributed by atoms with Gasteiger partial charge in [0.05, 0.1) is 24.3 Å². The van der Waals surface area contributed by atoms with Crippen LogP contribution in [0.25, 0.3) is 22.0 Å². The lowest BCUT2D eigenvalue weighted by atomic mass is 9.88. The largest absolute Gasteiger partial charge is 0.417 e. The minimum atomic E-state index is -4.74. The van der Waals surface area contributed by atoms with Crippen molar-refractivity contribution in [2.75, 3.05) is 37.0 Å². The van der Waals surface area contributed by atoms with Crippen LogP contribution in [0.3, 0.4) is 0 Å². The fourth-order valence-electron chi connectivity index (χ4n) is 6.26. The molecule has 3 aliphatic rings. The first-order valence-corrected chi connectivity index (χ1v) is 14.3. The highest BCUT2D eigenvalue weighted by atomic mass is 32.2. The highest BCUT2D eigenvalue weighted by Crippen LogP contribution is 2.51. The number of piperazine rings is 1. The third-order valence-corrected chi connectivity index (χ3v) is 9.56. The summed E-state index contributed by atoms with van der Waals surface area (Å²) in [5, 5.41) is 0.213. The number of nitrogens with zero attached hydrogens (tertiary/aromatic N) is 4. The first-order valence-electron chi connectivity index (χ1n) is 13.3. The van der Waals surface area contributed by atoms with Crippen molar-refractivity contribution >= 4 is 34.4 Å². The fourth-order valence-corrected chi connectivity index (χ4v) is 7.69. The van der Waals surface area contributed by atoms with Gasteiger partial charge in [0.15, 0.2) is 0 Å². The smallest absolute Gasteiger partial charge is 0.380 e. The lowest BCUT2D eigenvalue weighted by Gasteiger charge is -2.44. The van der Waals surface area contributed by atoms with E-state index < -0.39 is 28.7 Å². The van der Waals surface area contributed by atoms with Gasteiger partial charge in [-0.3, -0.25) is 9.36 Å². The molecular formula is C29H28F4N4O3S. The molecule has 1 amide bonds. The predicted molar refractivity (Wildman–Crippen MR) is 149 cm³/mol. The summed E-state index contributed by atoms with van der Waals surface area (Å²) < 4.78 is 65.2. The Morgan fingerprint density at radius 1 is 1.17 bits per heavy atom. The van der Waals surface area contributed by atoms with E-state index in [-0.39, 0.29) is 60.0 Å². The Balaban J connectivity index is 1.63. The SMILES string of the molecule is C=CC(=O)N1[C@H](C)CN(c2nc(=O)n3c4c(c(-c5ccc(F)cc5)c(C(F)(F)F)cc24)SCC2(COC2)C3)C[C@@H]1C. The van der Waals surface area contributed by atoms with Crippen LogP contribution >= 0.6 is 11.8 Å². The fraction of sp³-hybridized carbons (Fsp3) is 0.414. The lowest BCUT2D eigenvalue weighted by molar-refractivity contribution is -0.137. The summed E-state index contributed by atoms with van der Waals surface area (Å²) in [4.78, 5) is 34.3. The van der Waals surface area contributed by atoms with E-state index in [2.05, 4.69) is 11.6 Å². The molecule has 0 radical (unpaired) electrons. The van der Waals surface area contributed by atoms with Crippen molar-refractivity contribution in [1.29, 1.82) is 0 Å². The van der Waals surface area contributed by atoms with Crippen LogP contribution in [0.5, 0.6) is 0 Å². The van der Waals surface area contributed by atoms with Gasteiger partial charge in [-0.15, -0.1) is 11.8 Å². The normalized spacial score (nSPS) is 22.0. The Kier molecular flexibility index (Phi) is 6.68. The molecule has 3 aliphatic heterocycles. The van der Waals surface area contributed by atoms with Crippen molar-refractivity contribution in [3.63, 3.8) is 0 Å². The number of carbonyl (C=O) groups excluding carboxylic acids is 1. The molecule has 1 spiro atoms. The molecule has 0 unspecified atom stereocenters. The quantitative estimate of drug-likeness (QED) is 0.319. The van der Waals surface area contributed by atoms with E-state index in [4.69, 9.17) is 4.74 Å². The average molecular weight is 589 g/mol. The van der Waals surface area contributed by atoms with Crippen molar-refractivity contribution in [2.45, 2.75) is 43.5 Å². The molecule has 216 valence electrons. The Morgan fingerprint density at radius 3 is 2.39 bits per heavy atom. The Labute approximate surface area is 237 Å². The molecule has 41 heavy (non-hydrogen) atoms. The highest BCUT2D eigenvalue weighted by molar-refractivity contribution is 7.99. The third kappa shape index (κ3) is 4.61. The number of rotatable bonds is 3. The molecule has 1 aromatic heterocycles. The molecular weight excluding hydrogens is 560 g/mol. The number of benzene rings is 2. The number of halogens is 4. The van der Waals surface area contributed by atoms with Crippen molar-refractivity contribution in [1.82, 2.24) is 14.5 Å². The number of hydrogen-bond acceptors (Lipinski definition) is 6. The van der Waals surface area contributed by atoms with Crippen LogP contribution in [-0.4, -0.2) is 64.5 Å². The van der Waals surface area contributed by atoms with Gasteiger partial charge in [-0.2, -0.15) is 18.2 Å². The number of anilines is 1. The molecule has 2 saturated heterocycles. The summed E-state index contributed by atoms with van der Waals surface area (Å²) in [5.41, 5.74) is -1.35. The lowest BCUT2D eigenvalue weighted by Crippen LogP contribution is -2.58. The molecule has 7 nitrogen and oxygen atoms in total. The second-order valence-corrected chi connectivity index (χ2v) is 12.2. The van der Waals surface area contributed by atoms with E-state index in [0.29, 0.717) is 29.4 Å². The average Bonchev–Trinajstić information content (AvgIpc) is 3.09. The highest BCUT2D eigenvalue weighted by Gasteiger charge is 2.45. The topological polar surface area (TPSA) is 67.7 Å². The number of ether oxygens (including phenoxy) is 1. The zero-order chi connectivity index (χ0) is 29.3. The molecule has 2 fully saturated rings. The van der Waals surface area contributed by atoms with Gasteiger partial charge in [0.1, 0.15) is 11.6 Å². The van der Waals surface area contributed by atoms with Gasteiger partial charge < -0.3 is 14.5 Å². The van der Waals surface area contributed by atoms with Gasteiger partial charge in [-0.25, -0.2) is 9.18 Å². The predicted octanol–water partition coefficient (Wildman–Crippen LogP) is 4.96. The summed E-state index contributed by atoms with van der Waals surface area (Å²) in [6.45, 7) is 8.84. The van der Waals surface area contributed by atoms with Gasteiger partial charge in [-0.05, 0) is 43.7 Å². The number of carbonyl (C=O) groups is 1. The summed E-state index contributed by atoms with van der Waals surface area (Å²) in [7, 11) is 0. The minimum absolute atomic E-state index is 0.0827. The van der Waals surface area contributed by atoms with E-state index in [1.807, 2.05) is 13.8 Å². The maximum atomic E-state index is 14.8. The summed E-state index contributed by atoms with van der Waals surface area (Å²) in [5.74, 6) is -0.194. The van der Waals surface area contributed by atoms with Crippen molar-refractivity contribution < 1.29 is 27.1 Å². The van der Waals surface area contributed by atoms with Gasteiger partial charge in [0.2, 0.25) is 5.91 Å². The second kappa shape index (κ2) is 9.87. The zero-order valence-corrected chi connectivity index (χ0v) is 23.3. The first-order chi connectivity index (χ1) is 19.4. The van der Waals surface area contributed by atoms with Crippen LogP contribution < -0.4 is 10.6 Å². The van der Waals surface area contributed by atoms with E-state index in [0.717, 1.165) is 18.2 Å². The van der Waals surface area contributed by atoms with Crippen molar-refractivity contribution in [3.8, 4) is 11.1 Å². The van der Waals surface area contributed by atoms with Crippen LogP contribution in [0.1, 0.15) is 19.4 Å². The molecule has 3 aromatic rings. The van der Waals surface area contributed by atoms with Crippen LogP contribution in [0.4, 0.5) is 23.4 Å². The molecule has 6 rings (SSSR count). The van der Waals surface area contributed by atoms with E-state index >= 15 is 0 Å². The molecule has 4 heterocycles. The van der Waals surface area contributed by atoms with Crippen molar-refractivity contribution in [2.24, 2.45) is 5.41 Å². The molecule has 0 bridgehead atoms. The number of aromatic nitrogens is 2. The van der Waals surface area contributed by atoms with Crippen LogP contribution in [0.15, 0.2) is 52.7 Å².